The first kappa shape index (κ1) is 11.4. The molecule has 0 aliphatic heterocycles. The third-order valence-corrected chi connectivity index (χ3v) is 3.67. The zero-order valence-corrected chi connectivity index (χ0v) is 9.41. The molecule has 5 heteroatoms. The molecule has 0 unspecified atom stereocenters. The van der Waals surface area contributed by atoms with Crippen molar-refractivity contribution in [1.29, 1.82) is 0 Å². The van der Waals surface area contributed by atoms with Crippen LogP contribution in [0.5, 0.6) is 0 Å². The molecule has 1 fully saturated rings. The van der Waals surface area contributed by atoms with Crippen LogP contribution >= 0.6 is 11.8 Å². The van der Waals surface area contributed by atoms with Crippen molar-refractivity contribution in [2.24, 2.45) is 0 Å². The Bertz CT molecular complexity index is 456. The molecular formula is C11H10F2O2S. The number of carbonyl (C=O) groups is 1. The van der Waals surface area contributed by atoms with Crippen molar-refractivity contribution in [1.82, 2.24) is 0 Å². The Kier molecular flexibility index (Phi) is 2.66. The van der Waals surface area contributed by atoms with Crippen LogP contribution in [0.2, 0.25) is 0 Å². The van der Waals surface area contributed by atoms with Gasteiger partial charge in [-0.05, 0) is 31.2 Å². The highest BCUT2D eigenvalue weighted by atomic mass is 32.2. The van der Waals surface area contributed by atoms with E-state index in [0.29, 0.717) is 12.8 Å². The summed E-state index contributed by atoms with van der Waals surface area (Å²) < 4.78 is 27.1. The van der Waals surface area contributed by atoms with Gasteiger partial charge in [0.15, 0.2) is 0 Å². The lowest BCUT2D eigenvalue weighted by molar-refractivity contribution is -0.140. The largest absolute Gasteiger partial charge is 0.481 e. The van der Waals surface area contributed by atoms with Gasteiger partial charge in [-0.15, -0.1) is 11.8 Å². The van der Waals surface area contributed by atoms with Crippen LogP contribution in [0.25, 0.3) is 0 Å². The average molecular weight is 244 g/mol. The number of hydrogen-bond acceptors (Lipinski definition) is 2. The number of rotatable bonds is 3. The third-order valence-electron chi connectivity index (χ3n) is 2.92. The molecule has 0 amide bonds. The Morgan fingerprint density at radius 2 is 2.00 bits per heavy atom. The van der Waals surface area contributed by atoms with Gasteiger partial charge in [-0.1, -0.05) is 0 Å². The van der Waals surface area contributed by atoms with Crippen LogP contribution in [0.1, 0.15) is 18.4 Å². The molecule has 1 saturated carbocycles. The maximum atomic E-state index is 13.7. The SMILES string of the molecule is CSc1cc(F)c(C2(C(=O)O)CC2)cc1F. The van der Waals surface area contributed by atoms with Crippen molar-refractivity contribution in [3.8, 4) is 0 Å². The summed E-state index contributed by atoms with van der Waals surface area (Å²) >= 11 is 1.10. The molecule has 2 nitrogen and oxygen atoms in total. The summed E-state index contributed by atoms with van der Waals surface area (Å²) in [7, 11) is 0. The van der Waals surface area contributed by atoms with E-state index in [4.69, 9.17) is 5.11 Å². The molecule has 2 rings (SSSR count). The lowest BCUT2D eigenvalue weighted by Gasteiger charge is -2.12. The summed E-state index contributed by atoms with van der Waals surface area (Å²) in [5, 5.41) is 9.00. The molecule has 1 aromatic rings. The molecule has 1 aliphatic carbocycles. The molecular weight excluding hydrogens is 234 g/mol. The summed E-state index contributed by atoms with van der Waals surface area (Å²) in [6.45, 7) is 0. The van der Waals surface area contributed by atoms with E-state index < -0.39 is 23.0 Å². The fourth-order valence-corrected chi connectivity index (χ4v) is 2.25. The molecule has 1 N–H and O–H groups in total. The summed E-state index contributed by atoms with van der Waals surface area (Å²) in [4.78, 5) is 11.2. The molecule has 1 aromatic carbocycles. The van der Waals surface area contributed by atoms with Crippen molar-refractivity contribution in [2.45, 2.75) is 23.2 Å². The number of carboxylic acid groups (broad SMARTS) is 1. The minimum atomic E-state index is -1.19. The van der Waals surface area contributed by atoms with Crippen LogP contribution in [0.15, 0.2) is 17.0 Å². The Balaban J connectivity index is 2.51. The number of aliphatic carboxylic acids is 1. The van der Waals surface area contributed by atoms with Crippen LogP contribution in [0, 0.1) is 11.6 Å². The normalized spacial score (nSPS) is 17.2. The molecule has 16 heavy (non-hydrogen) atoms. The molecule has 1 aliphatic rings. The van der Waals surface area contributed by atoms with Gasteiger partial charge >= 0.3 is 5.97 Å². The third kappa shape index (κ3) is 1.59. The van der Waals surface area contributed by atoms with Crippen molar-refractivity contribution in [3.05, 3.63) is 29.3 Å². The van der Waals surface area contributed by atoms with Crippen molar-refractivity contribution in [3.63, 3.8) is 0 Å². The van der Waals surface area contributed by atoms with E-state index >= 15 is 0 Å². The summed E-state index contributed by atoms with van der Waals surface area (Å²) in [5.41, 5.74) is -1.22. The van der Waals surface area contributed by atoms with Crippen molar-refractivity contribution < 1.29 is 18.7 Å². The van der Waals surface area contributed by atoms with E-state index in [2.05, 4.69) is 0 Å². The maximum absolute atomic E-state index is 13.7. The lowest BCUT2D eigenvalue weighted by Crippen LogP contribution is -2.21. The van der Waals surface area contributed by atoms with Gasteiger partial charge < -0.3 is 5.11 Å². The van der Waals surface area contributed by atoms with E-state index in [1.54, 1.807) is 6.26 Å². The summed E-state index contributed by atoms with van der Waals surface area (Å²) in [6.07, 6.45) is 2.39. The molecule has 0 spiro atoms. The van der Waals surface area contributed by atoms with Gasteiger partial charge in [0.25, 0.3) is 0 Å². The highest BCUT2D eigenvalue weighted by Crippen LogP contribution is 2.49. The monoisotopic (exact) mass is 244 g/mol. The van der Waals surface area contributed by atoms with E-state index in [9.17, 15) is 13.6 Å². The van der Waals surface area contributed by atoms with E-state index in [1.165, 1.54) is 0 Å². The predicted molar refractivity (Wildman–Crippen MR) is 56.7 cm³/mol. The van der Waals surface area contributed by atoms with E-state index in [1.807, 2.05) is 0 Å². The zero-order chi connectivity index (χ0) is 11.9. The van der Waals surface area contributed by atoms with Gasteiger partial charge in [0, 0.05) is 10.5 Å². The smallest absolute Gasteiger partial charge is 0.314 e. The molecule has 0 bridgehead atoms. The second kappa shape index (κ2) is 3.73. The zero-order valence-electron chi connectivity index (χ0n) is 8.59. The summed E-state index contributed by atoms with van der Waals surface area (Å²) in [6, 6.07) is 2.08. The van der Waals surface area contributed by atoms with E-state index in [0.717, 1.165) is 23.9 Å². The van der Waals surface area contributed by atoms with Gasteiger partial charge in [0.2, 0.25) is 0 Å². The van der Waals surface area contributed by atoms with Crippen molar-refractivity contribution >= 4 is 17.7 Å². The Morgan fingerprint density at radius 3 is 2.44 bits per heavy atom. The first-order valence-corrected chi connectivity index (χ1v) is 6.00. The van der Waals surface area contributed by atoms with Crippen LogP contribution in [-0.4, -0.2) is 17.3 Å². The molecule has 86 valence electrons. The Hall–Kier alpha value is -1.10. The molecule has 0 atom stereocenters. The standard InChI is InChI=1S/C11H10F2O2S/c1-16-9-5-7(12)6(4-8(9)13)11(2-3-11)10(14)15/h4-5H,2-3H2,1H3,(H,14,15). The van der Waals surface area contributed by atoms with Gasteiger partial charge in [0.1, 0.15) is 11.6 Å². The Labute approximate surface area is 95.7 Å². The minimum Gasteiger partial charge on any atom is -0.481 e. The number of carboxylic acids is 1. The highest BCUT2D eigenvalue weighted by molar-refractivity contribution is 7.98. The number of halogens is 2. The van der Waals surface area contributed by atoms with Gasteiger partial charge in [-0.2, -0.15) is 0 Å². The topological polar surface area (TPSA) is 37.3 Å². The number of thioether (sulfide) groups is 1. The molecule has 0 saturated heterocycles. The van der Waals surface area contributed by atoms with Crippen LogP contribution in [0.3, 0.4) is 0 Å². The van der Waals surface area contributed by atoms with Crippen LogP contribution in [0.4, 0.5) is 8.78 Å². The summed E-state index contributed by atoms with van der Waals surface area (Å²) in [5.74, 6) is -2.27. The first-order chi connectivity index (χ1) is 7.51. The van der Waals surface area contributed by atoms with E-state index in [-0.39, 0.29) is 10.5 Å². The fraction of sp³-hybridized carbons (Fsp3) is 0.364. The first-order valence-electron chi connectivity index (χ1n) is 4.78. The second-order valence-corrected chi connectivity index (χ2v) is 4.70. The van der Waals surface area contributed by atoms with Gasteiger partial charge in [0.05, 0.1) is 5.41 Å². The molecule has 0 radical (unpaired) electrons. The second-order valence-electron chi connectivity index (χ2n) is 3.85. The van der Waals surface area contributed by atoms with Gasteiger partial charge in [-0.3, -0.25) is 4.79 Å². The van der Waals surface area contributed by atoms with Crippen LogP contribution in [-0.2, 0) is 10.2 Å². The highest BCUT2D eigenvalue weighted by Gasteiger charge is 2.53. The Morgan fingerprint density at radius 1 is 1.38 bits per heavy atom. The van der Waals surface area contributed by atoms with Crippen LogP contribution < -0.4 is 0 Å². The molecule has 0 aromatic heterocycles. The number of benzene rings is 1. The quantitative estimate of drug-likeness (QED) is 0.831. The fourth-order valence-electron chi connectivity index (χ4n) is 1.78. The predicted octanol–water partition coefficient (Wildman–Crippen LogP) is 2.80. The van der Waals surface area contributed by atoms with Gasteiger partial charge in [-0.25, -0.2) is 8.78 Å². The number of hydrogen-bond donors (Lipinski definition) is 1. The maximum Gasteiger partial charge on any atom is 0.314 e. The lowest BCUT2D eigenvalue weighted by atomic mass is 9.95. The average Bonchev–Trinajstić information content (AvgIpc) is 3.01. The molecule has 0 heterocycles. The minimum absolute atomic E-state index is 0.0321. The van der Waals surface area contributed by atoms with Crippen molar-refractivity contribution in [2.75, 3.05) is 6.26 Å².